The molecule has 2 unspecified atom stereocenters. The third kappa shape index (κ3) is 2.97. The van der Waals surface area contributed by atoms with Crippen LogP contribution < -0.4 is 5.73 Å². The molecule has 0 saturated carbocycles. The molecular weight excluding hydrogens is 216 g/mol. The third-order valence-corrected chi connectivity index (χ3v) is 3.27. The number of aliphatic hydroxyl groups is 1. The Morgan fingerprint density at radius 1 is 1.53 bits per heavy atom. The van der Waals surface area contributed by atoms with Crippen LogP contribution in [0, 0.1) is 0 Å². The molecule has 2 rings (SSSR count). The number of hydrogen-bond donors (Lipinski definition) is 2. The fourth-order valence-electron chi connectivity index (χ4n) is 2.17. The van der Waals surface area contributed by atoms with Gasteiger partial charge in [0.1, 0.15) is 0 Å². The molecule has 1 heterocycles. The summed E-state index contributed by atoms with van der Waals surface area (Å²) >= 11 is 0. The first-order valence-electron chi connectivity index (χ1n) is 6.02. The number of para-hydroxylation sites is 1. The van der Waals surface area contributed by atoms with Crippen LogP contribution in [0.5, 0.6) is 0 Å². The summed E-state index contributed by atoms with van der Waals surface area (Å²) < 4.78 is 5.37. The molecule has 0 spiro atoms. The highest BCUT2D eigenvalue weighted by Gasteiger charge is 2.22. The summed E-state index contributed by atoms with van der Waals surface area (Å²) in [5.41, 5.74) is 7.32. The standard InChI is InChI=1S/C13H20N2O2/c1-10-9-17-7-6-15(10)8-13(16)11-4-2-3-5-12(11)14/h2-5,10,13,16H,6-9,14H2,1H3. The maximum atomic E-state index is 10.2. The highest BCUT2D eigenvalue weighted by Crippen LogP contribution is 2.22. The zero-order valence-corrected chi connectivity index (χ0v) is 10.2. The molecule has 1 aromatic rings. The molecule has 0 amide bonds. The van der Waals surface area contributed by atoms with Gasteiger partial charge in [-0.05, 0) is 13.0 Å². The lowest BCUT2D eigenvalue weighted by Gasteiger charge is -2.34. The number of morpholine rings is 1. The normalized spacial score (nSPS) is 23.5. The van der Waals surface area contributed by atoms with E-state index < -0.39 is 6.10 Å². The fraction of sp³-hybridized carbons (Fsp3) is 0.538. The molecule has 0 radical (unpaired) electrons. The minimum absolute atomic E-state index is 0.350. The highest BCUT2D eigenvalue weighted by atomic mass is 16.5. The van der Waals surface area contributed by atoms with Crippen molar-refractivity contribution in [2.24, 2.45) is 0 Å². The third-order valence-electron chi connectivity index (χ3n) is 3.27. The van der Waals surface area contributed by atoms with E-state index in [1.807, 2.05) is 24.3 Å². The number of benzene rings is 1. The van der Waals surface area contributed by atoms with Crippen LogP contribution in [0.1, 0.15) is 18.6 Å². The molecule has 94 valence electrons. The molecule has 3 N–H and O–H groups in total. The van der Waals surface area contributed by atoms with Gasteiger partial charge in [-0.3, -0.25) is 4.90 Å². The maximum absolute atomic E-state index is 10.2. The molecular formula is C13H20N2O2. The van der Waals surface area contributed by atoms with Gasteiger partial charge in [-0.1, -0.05) is 18.2 Å². The summed E-state index contributed by atoms with van der Waals surface area (Å²) in [6.45, 7) is 5.06. The molecule has 1 aliphatic rings. The van der Waals surface area contributed by atoms with E-state index in [0.717, 1.165) is 25.3 Å². The van der Waals surface area contributed by atoms with Crippen LogP contribution in [-0.4, -0.2) is 42.4 Å². The lowest BCUT2D eigenvalue weighted by atomic mass is 10.1. The van der Waals surface area contributed by atoms with E-state index in [0.29, 0.717) is 18.3 Å². The summed E-state index contributed by atoms with van der Waals surface area (Å²) in [5.74, 6) is 0. The maximum Gasteiger partial charge on any atom is 0.0936 e. The number of hydrogen-bond acceptors (Lipinski definition) is 4. The predicted octanol–water partition coefficient (Wildman–Crippen LogP) is 1.02. The van der Waals surface area contributed by atoms with Gasteiger partial charge in [0.25, 0.3) is 0 Å². The van der Waals surface area contributed by atoms with Crippen LogP contribution >= 0.6 is 0 Å². The zero-order chi connectivity index (χ0) is 12.3. The first kappa shape index (κ1) is 12.4. The average molecular weight is 236 g/mol. The second-order valence-electron chi connectivity index (χ2n) is 4.56. The van der Waals surface area contributed by atoms with Crippen molar-refractivity contribution in [3.05, 3.63) is 29.8 Å². The Bertz CT molecular complexity index is 370. The molecule has 1 aromatic carbocycles. The van der Waals surface area contributed by atoms with Crippen molar-refractivity contribution >= 4 is 5.69 Å². The molecule has 17 heavy (non-hydrogen) atoms. The van der Waals surface area contributed by atoms with Gasteiger partial charge < -0.3 is 15.6 Å². The number of rotatable bonds is 3. The van der Waals surface area contributed by atoms with Gasteiger partial charge in [0.15, 0.2) is 0 Å². The monoisotopic (exact) mass is 236 g/mol. The average Bonchev–Trinajstić information content (AvgIpc) is 2.32. The highest BCUT2D eigenvalue weighted by molar-refractivity contribution is 5.47. The summed E-state index contributed by atoms with van der Waals surface area (Å²) in [5, 5.41) is 10.2. The number of nitrogens with zero attached hydrogens (tertiary/aromatic N) is 1. The number of nitrogens with two attached hydrogens (primary N) is 1. The van der Waals surface area contributed by atoms with Crippen LogP contribution in [0.3, 0.4) is 0 Å². The second kappa shape index (κ2) is 5.49. The van der Waals surface area contributed by atoms with E-state index in [1.54, 1.807) is 0 Å². The van der Waals surface area contributed by atoms with Gasteiger partial charge in [-0.25, -0.2) is 0 Å². The van der Waals surface area contributed by atoms with Gasteiger partial charge in [0.2, 0.25) is 0 Å². The van der Waals surface area contributed by atoms with E-state index in [1.165, 1.54) is 0 Å². The number of nitrogen functional groups attached to an aromatic ring is 1. The zero-order valence-electron chi connectivity index (χ0n) is 10.2. The van der Waals surface area contributed by atoms with E-state index in [-0.39, 0.29) is 0 Å². The van der Waals surface area contributed by atoms with Gasteiger partial charge in [-0.2, -0.15) is 0 Å². The van der Waals surface area contributed by atoms with Crippen molar-refractivity contribution in [2.75, 3.05) is 32.0 Å². The smallest absolute Gasteiger partial charge is 0.0936 e. The first-order valence-corrected chi connectivity index (χ1v) is 6.02. The lowest BCUT2D eigenvalue weighted by molar-refractivity contribution is -0.0202. The second-order valence-corrected chi connectivity index (χ2v) is 4.56. The Kier molecular flexibility index (Phi) is 3.99. The molecule has 2 atom stereocenters. The van der Waals surface area contributed by atoms with E-state index in [2.05, 4.69) is 11.8 Å². The van der Waals surface area contributed by atoms with Crippen LogP contribution in [0.4, 0.5) is 5.69 Å². The lowest BCUT2D eigenvalue weighted by Crippen LogP contribution is -2.45. The Morgan fingerprint density at radius 2 is 2.29 bits per heavy atom. The molecule has 0 aromatic heterocycles. The molecule has 4 heteroatoms. The summed E-state index contributed by atoms with van der Waals surface area (Å²) in [6, 6.07) is 7.83. The van der Waals surface area contributed by atoms with Crippen molar-refractivity contribution in [2.45, 2.75) is 19.1 Å². The summed E-state index contributed by atoms with van der Waals surface area (Å²) in [4.78, 5) is 2.24. The number of aliphatic hydroxyl groups excluding tert-OH is 1. The van der Waals surface area contributed by atoms with Crippen molar-refractivity contribution in [3.63, 3.8) is 0 Å². The first-order chi connectivity index (χ1) is 8.18. The topological polar surface area (TPSA) is 58.7 Å². The fourth-order valence-corrected chi connectivity index (χ4v) is 2.17. The Balaban J connectivity index is 2.01. The summed E-state index contributed by atoms with van der Waals surface area (Å²) in [7, 11) is 0. The quantitative estimate of drug-likeness (QED) is 0.769. The number of anilines is 1. The van der Waals surface area contributed by atoms with E-state index in [9.17, 15) is 5.11 Å². The molecule has 1 fully saturated rings. The minimum Gasteiger partial charge on any atom is -0.398 e. The molecule has 1 aliphatic heterocycles. The van der Waals surface area contributed by atoms with E-state index in [4.69, 9.17) is 10.5 Å². The molecule has 0 aliphatic carbocycles. The van der Waals surface area contributed by atoms with E-state index >= 15 is 0 Å². The van der Waals surface area contributed by atoms with Gasteiger partial charge in [0.05, 0.1) is 19.3 Å². The Morgan fingerprint density at radius 3 is 3.00 bits per heavy atom. The van der Waals surface area contributed by atoms with Crippen molar-refractivity contribution < 1.29 is 9.84 Å². The van der Waals surface area contributed by atoms with Crippen molar-refractivity contribution in [1.82, 2.24) is 4.90 Å². The Hall–Kier alpha value is -1.10. The number of β-amino-alcohol motifs (C(OH)–C–C–N with tert-alkyl or cyclic N) is 1. The minimum atomic E-state index is -0.531. The van der Waals surface area contributed by atoms with Gasteiger partial charge in [0, 0.05) is 30.4 Å². The summed E-state index contributed by atoms with van der Waals surface area (Å²) in [6.07, 6.45) is -0.531. The van der Waals surface area contributed by atoms with Crippen molar-refractivity contribution in [1.29, 1.82) is 0 Å². The van der Waals surface area contributed by atoms with Crippen LogP contribution in [-0.2, 0) is 4.74 Å². The van der Waals surface area contributed by atoms with Crippen LogP contribution in [0.2, 0.25) is 0 Å². The van der Waals surface area contributed by atoms with Crippen LogP contribution in [0.15, 0.2) is 24.3 Å². The molecule has 0 bridgehead atoms. The van der Waals surface area contributed by atoms with Crippen molar-refractivity contribution in [3.8, 4) is 0 Å². The predicted molar refractivity (Wildman–Crippen MR) is 67.7 cm³/mol. The Labute approximate surface area is 102 Å². The van der Waals surface area contributed by atoms with Crippen LogP contribution in [0.25, 0.3) is 0 Å². The SMILES string of the molecule is CC1COCCN1CC(O)c1ccccc1N. The molecule has 1 saturated heterocycles. The molecule has 4 nitrogen and oxygen atoms in total. The largest absolute Gasteiger partial charge is 0.398 e. The van der Waals surface area contributed by atoms with Gasteiger partial charge >= 0.3 is 0 Å². The van der Waals surface area contributed by atoms with Gasteiger partial charge in [-0.15, -0.1) is 0 Å². The number of ether oxygens (including phenoxy) is 1.